The summed E-state index contributed by atoms with van der Waals surface area (Å²) in [5.74, 6) is -0.158. The third kappa shape index (κ3) is 5.17. The molecule has 1 aliphatic rings. The van der Waals surface area contributed by atoms with Crippen molar-refractivity contribution in [2.24, 2.45) is 5.73 Å². The first kappa shape index (κ1) is 23.1. The lowest BCUT2D eigenvalue weighted by Gasteiger charge is -2.30. The maximum atomic E-state index is 13.2. The quantitative estimate of drug-likeness (QED) is 0.629. The minimum absolute atomic E-state index is 0.206. The standard InChI is InChI=1S/C23H28N4O5/c1-16(32-18-8-4-3-5-9-18)22(29)26-13-14-27(21(26)20(28)25-12-11-24)23(30)17-7-6-10-19(15-17)31-2/h3-10,15-16,21H,11-14,24H2,1-2H3,(H,25,28). The first-order valence-corrected chi connectivity index (χ1v) is 10.4. The van der Waals surface area contributed by atoms with Crippen molar-refractivity contribution >= 4 is 17.7 Å². The molecule has 170 valence electrons. The first-order valence-electron chi connectivity index (χ1n) is 10.4. The van der Waals surface area contributed by atoms with Crippen LogP contribution in [0.5, 0.6) is 11.5 Å². The van der Waals surface area contributed by atoms with Crippen molar-refractivity contribution in [1.29, 1.82) is 0 Å². The predicted molar refractivity (Wildman–Crippen MR) is 118 cm³/mol. The van der Waals surface area contributed by atoms with Gasteiger partial charge in [-0.1, -0.05) is 24.3 Å². The Labute approximate surface area is 187 Å². The van der Waals surface area contributed by atoms with E-state index >= 15 is 0 Å². The molecule has 1 saturated heterocycles. The van der Waals surface area contributed by atoms with Crippen molar-refractivity contribution < 1.29 is 23.9 Å². The molecule has 2 aromatic rings. The molecular formula is C23H28N4O5. The first-order chi connectivity index (χ1) is 15.5. The Morgan fingerprint density at radius 1 is 1.06 bits per heavy atom. The molecule has 9 heteroatoms. The Balaban J connectivity index is 1.83. The van der Waals surface area contributed by atoms with Crippen molar-refractivity contribution in [2.75, 3.05) is 33.3 Å². The minimum atomic E-state index is -1.10. The molecule has 0 radical (unpaired) electrons. The molecular weight excluding hydrogens is 412 g/mol. The highest BCUT2D eigenvalue weighted by molar-refractivity contribution is 5.99. The number of amides is 3. The summed E-state index contributed by atoms with van der Waals surface area (Å²) in [6, 6.07) is 15.6. The van der Waals surface area contributed by atoms with Gasteiger partial charge < -0.3 is 30.3 Å². The molecule has 0 spiro atoms. The van der Waals surface area contributed by atoms with E-state index in [1.807, 2.05) is 6.07 Å². The van der Waals surface area contributed by atoms with Gasteiger partial charge in [0.15, 0.2) is 12.3 Å². The predicted octanol–water partition coefficient (Wildman–Crippen LogP) is 0.848. The van der Waals surface area contributed by atoms with E-state index in [0.29, 0.717) is 17.1 Å². The molecule has 1 aliphatic heterocycles. The Morgan fingerprint density at radius 3 is 2.44 bits per heavy atom. The summed E-state index contributed by atoms with van der Waals surface area (Å²) >= 11 is 0. The number of ether oxygens (including phenoxy) is 2. The van der Waals surface area contributed by atoms with Gasteiger partial charge in [-0.15, -0.1) is 0 Å². The zero-order valence-electron chi connectivity index (χ0n) is 18.2. The summed E-state index contributed by atoms with van der Waals surface area (Å²) in [6.07, 6.45) is -1.94. The van der Waals surface area contributed by atoms with Crippen LogP contribution in [0.15, 0.2) is 54.6 Å². The summed E-state index contributed by atoms with van der Waals surface area (Å²) in [6.45, 7) is 2.51. The number of hydrogen-bond acceptors (Lipinski definition) is 6. The molecule has 0 aliphatic carbocycles. The van der Waals surface area contributed by atoms with Crippen molar-refractivity contribution in [3.05, 3.63) is 60.2 Å². The van der Waals surface area contributed by atoms with Gasteiger partial charge >= 0.3 is 0 Å². The lowest BCUT2D eigenvalue weighted by atomic mass is 10.2. The second kappa shape index (κ2) is 10.6. The van der Waals surface area contributed by atoms with E-state index in [-0.39, 0.29) is 38.0 Å². The van der Waals surface area contributed by atoms with Crippen molar-refractivity contribution in [1.82, 2.24) is 15.1 Å². The van der Waals surface area contributed by atoms with Gasteiger partial charge in [0.05, 0.1) is 7.11 Å². The van der Waals surface area contributed by atoms with E-state index in [4.69, 9.17) is 15.2 Å². The molecule has 32 heavy (non-hydrogen) atoms. The molecule has 1 fully saturated rings. The summed E-state index contributed by atoms with van der Waals surface area (Å²) in [5, 5.41) is 2.69. The normalized spacial score (nSPS) is 16.4. The number of rotatable bonds is 8. The molecule has 9 nitrogen and oxygen atoms in total. The van der Waals surface area contributed by atoms with E-state index in [1.165, 1.54) is 16.9 Å². The van der Waals surface area contributed by atoms with Gasteiger partial charge in [0.1, 0.15) is 11.5 Å². The Bertz CT molecular complexity index is 952. The fourth-order valence-electron chi connectivity index (χ4n) is 3.55. The van der Waals surface area contributed by atoms with Crippen LogP contribution in [0, 0.1) is 0 Å². The van der Waals surface area contributed by atoms with E-state index in [1.54, 1.807) is 55.5 Å². The monoisotopic (exact) mass is 440 g/mol. The van der Waals surface area contributed by atoms with E-state index in [2.05, 4.69) is 5.32 Å². The number of nitrogens with two attached hydrogens (primary N) is 1. The number of benzene rings is 2. The van der Waals surface area contributed by atoms with Crippen molar-refractivity contribution in [3.63, 3.8) is 0 Å². The van der Waals surface area contributed by atoms with Gasteiger partial charge in [-0.3, -0.25) is 14.4 Å². The molecule has 2 aromatic carbocycles. The second-order valence-electron chi connectivity index (χ2n) is 7.29. The lowest BCUT2D eigenvalue weighted by molar-refractivity contribution is -0.145. The third-order valence-corrected chi connectivity index (χ3v) is 5.11. The third-order valence-electron chi connectivity index (χ3n) is 5.11. The fraction of sp³-hybridized carbons (Fsp3) is 0.348. The van der Waals surface area contributed by atoms with Gasteiger partial charge in [-0.2, -0.15) is 0 Å². The fourth-order valence-corrected chi connectivity index (χ4v) is 3.55. The number of carbonyl (C=O) groups is 3. The van der Waals surface area contributed by atoms with Crippen LogP contribution in [0.25, 0.3) is 0 Å². The van der Waals surface area contributed by atoms with E-state index in [0.717, 1.165) is 0 Å². The van der Waals surface area contributed by atoms with Crippen LogP contribution in [0.1, 0.15) is 17.3 Å². The van der Waals surface area contributed by atoms with Gasteiger partial charge in [0.25, 0.3) is 17.7 Å². The second-order valence-corrected chi connectivity index (χ2v) is 7.29. The molecule has 3 N–H and O–H groups in total. The maximum Gasteiger partial charge on any atom is 0.265 e. The maximum absolute atomic E-state index is 13.2. The minimum Gasteiger partial charge on any atom is -0.497 e. The Hall–Kier alpha value is -3.59. The van der Waals surface area contributed by atoms with Crippen LogP contribution < -0.4 is 20.5 Å². The summed E-state index contributed by atoms with van der Waals surface area (Å²) in [4.78, 5) is 42.1. The highest BCUT2D eigenvalue weighted by Crippen LogP contribution is 2.22. The smallest absolute Gasteiger partial charge is 0.265 e. The van der Waals surface area contributed by atoms with Gasteiger partial charge in [0.2, 0.25) is 0 Å². The number of nitrogens with zero attached hydrogens (tertiary/aromatic N) is 2. The van der Waals surface area contributed by atoms with Crippen molar-refractivity contribution in [3.8, 4) is 11.5 Å². The zero-order valence-corrected chi connectivity index (χ0v) is 18.2. The van der Waals surface area contributed by atoms with Crippen LogP contribution in [0.4, 0.5) is 0 Å². The highest BCUT2D eigenvalue weighted by Gasteiger charge is 2.44. The van der Waals surface area contributed by atoms with Crippen LogP contribution in [0.3, 0.4) is 0 Å². The van der Waals surface area contributed by atoms with Gasteiger partial charge in [-0.05, 0) is 37.3 Å². The van der Waals surface area contributed by atoms with Crippen LogP contribution in [0.2, 0.25) is 0 Å². The average molecular weight is 441 g/mol. The molecule has 2 atom stereocenters. The van der Waals surface area contributed by atoms with Gasteiger partial charge in [0, 0.05) is 31.7 Å². The highest BCUT2D eigenvalue weighted by atomic mass is 16.5. The summed E-state index contributed by atoms with van der Waals surface area (Å²) < 4.78 is 10.9. The summed E-state index contributed by atoms with van der Waals surface area (Å²) in [5.41, 5.74) is 5.88. The largest absolute Gasteiger partial charge is 0.497 e. The average Bonchev–Trinajstić information content (AvgIpc) is 3.27. The van der Waals surface area contributed by atoms with Crippen LogP contribution >= 0.6 is 0 Å². The number of para-hydroxylation sites is 1. The van der Waals surface area contributed by atoms with Crippen molar-refractivity contribution in [2.45, 2.75) is 19.2 Å². The number of nitrogens with one attached hydrogen (secondary N) is 1. The van der Waals surface area contributed by atoms with E-state index < -0.39 is 18.2 Å². The van der Waals surface area contributed by atoms with Crippen LogP contribution in [-0.2, 0) is 9.59 Å². The number of methoxy groups -OCH3 is 1. The zero-order chi connectivity index (χ0) is 23.1. The molecule has 3 amide bonds. The Morgan fingerprint density at radius 2 is 1.75 bits per heavy atom. The molecule has 3 rings (SSSR count). The van der Waals surface area contributed by atoms with Crippen LogP contribution in [-0.4, -0.2) is 73.1 Å². The van der Waals surface area contributed by atoms with E-state index in [9.17, 15) is 14.4 Å². The lowest BCUT2D eigenvalue weighted by Crippen LogP contribution is -2.56. The molecule has 0 bridgehead atoms. The summed E-state index contributed by atoms with van der Waals surface area (Å²) in [7, 11) is 1.51. The number of hydrogen-bond donors (Lipinski definition) is 2. The number of carbonyl (C=O) groups excluding carboxylic acids is 3. The SMILES string of the molecule is COc1cccc(C(=O)N2CCN(C(=O)C(C)Oc3ccccc3)C2C(=O)NCCN)c1. The molecule has 1 heterocycles. The molecule has 0 aromatic heterocycles. The molecule has 0 saturated carbocycles. The Kier molecular flexibility index (Phi) is 7.67. The topological polar surface area (TPSA) is 114 Å². The van der Waals surface area contributed by atoms with Gasteiger partial charge in [-0.25, -0.2) is 0 Å². The molecule has 2 unspecified atom stereocenters.